The van der Waals surface area contributed by atoms with Crippen LogP contribution in [0.3, 0.4) is 0 Å². The fourth-order valence-electron chi connectivity index (χ4n) is 5.42. The predicted octanol–water partition coefficient (Wildman–Crippen LogP) is 2.90. The van der Waals surface area contributed by atoms with E-state index in [1.54, 1.807) is 25.1 Å². The molecule has 8 nitrogen and oxygen atoms in total. The minimum absolute atomic E-state index is 0. The Balaban J connectivity index is 0.00000228. The molecule has 0 spiro atoms. The Kier molecular flexibility index (Phi) is 12.2. The largest absolute Gasteiger partial charge is 0.370 e. The average molecular weight is 586 g/mol. The molecule has 3 saturated heterocycles. The van der Waals surface area contributed by atoms with Gasteiger partial charge in [0.25, 0.3) is 0 Å². The number of amides is 1. The van der Waals surface area contributed by atoms with E-state index in [1.165, 1.54) is 17.1 Å². The molecule has 1 amide bonds. The van der Waals surface area contributed by atoms with Gasteiger partial charge in [0.1, 0.15) is 11.5 Å². The van der Waals surface area contributed by atoms with Gasteiger partial charge in [-0.15, -0.1) is 24.8 Å². The number of halogens is 3. The summed E-state index contributed by atoms with van der Waals surface area (Å²) in [7, 11) is -1.55. The topological polar surface area (TPSA) is 73.4 Å². The van der Waals surface area contributed by atoms with Gasteiger partial charge in [-0.05, 0) is 64.4 Å². The highest BCUT2D eigenvalue weighted by Gasteiger charge is 2.37. The predicted molar refractivity (Wildman–Crippen MR) is 147 cm³/mol. The fourth-order valence-corrected chi connectivity index (χ4v) is 7.89. The van der Waals surface area contributed by atoms with Gasteiger partial charge in [0.15, 0.2) is 0 Å². The van der Waals surface area contributed by atoms with Gasteiger partial charge in [-0.25, -0.2) is 8.42 Å². The Morgan fingerprint density at radius 2 is 1.69 bits per heavy atom. The second kappa shape index (κ2) is 13.9. The Morgan fingerprint density at radius 3 is 2.33 bits per heavy atom. The number of carbonyl (C=O) groups is 1. The molecule has 206 valence electrons. The van der Waals surface area contributed by atoms with Crippen LogP contribution < -0.4 is 0 Å². The minimum atomic E-state index is -3.72. The van der Waals surface area contributed by atoms with Crippen molar-refractivity contribution in [3.05, 3.63) is 28.8 Å². The average Bonchev–Trinajstić information content (AvgIpc) is 3.29. The van der Waals surface area contributed by atoms with E-state index >= 15 is 0 Å². The number of piperidine rings is 1. The van der Waals surface area contributed by atoms with Gasteiger partial charge in [0, 0.05) is 44.8 Å². The standard InChI is InChI=1S/C24H37ClN4O4S.2ClH/c1-19-5-3-7-22(25)24(19)34(31,32)29-10-4-6-21(29)17-33-18-23(30)28-15-13-27(14-16-28)20-8-11-26(2)12-9-20;;/h3,5,7,20-21H,4,6,8-18H2,1-2H3;2*1H. The van der Waals surface area contributed by atoms with E-state index in [9.17, 15) is 13.2 Å². The van der Waals surface area contributed by atoms with Crippen LogP contribution in [0.1, 0.15) is 31.2 Å². The molecule has 1 unspecified atom stereocenters. The Bertz CT molecular complexity index is 948. The lowest BCUT2D eigenvalue weighted by Gasteiger charge is -2.42. The molecular formula is C24H39Cl3N4O4S. The Hall–Kier alpha value is -0.650. The normalized spacial score (nSPS) is 22.8. The van der Waals surface area contributed by atoms with Gasteiger partial charge in [0.2, 0.25) is 15.9 Å². The third kappa shape index (κ3) is 7.26. The van der Waals surface area contributed by atoms with Crippen molar-refractivity contribution in [2.75, 3.05) is 66.1 Å². The molecule has 0 N–H and O–H groups in total. The third-order valence-electron chi connectivity index (χ3n) is 7.46. The molecule has 3 heterocycles. The maximum Gasteiger partial charge on any atom is 0.248 e. The summed E-state index contributed by atoms with van der Waals surface area (Å²) in [5.74, 6) is -0.0163. The van der Waals surface area contributed by atoms with Crippen molar-refractivity contribution in [1.29, 1.82) is 0 Å². The maximum absolute atomic E-state index is 13.3. The van der Waals surface area contributed by atoms with Crippen LogP contribution in [-0.2, 0) is 19.6 Å². The third-order valence-corrected chi connectivity index (χ3v) is 10.0. The van der Waals surface area contributed by atoms with E-state index in [2.05, 4.69) is 16.8 Å². The van der Waals surface area contributed by atoms with Gasteiger partial charge in [-0.3, -0.25) is 9.69 Å². The molecular weight excluding hydrogens is 547 g/mol. The quantitative estimate of drug-likeness (QED) is 0.490. The van der Waals surface area contributed by atoms with Crippen molar-refractivity contribution in [1.82, 2.24) is 19.0 Å². The summed E-state index contributed by atoms with van der Waals surface area (Å²) in [4.78, 5) is 19.7. The number of hydrogen-bond donors (Lipinski definition) is 0. The van der Waals surface area contributed by atoms with Crippen LogP contribution in [0.25, 0.3) is 0 Å². The monoisotopic (exact) mass is 584 g/mol. The van der Waals surface area contributed by atoms with Gasteiger partial charge < -0.3 is 14.5 Å². The molecule has 0 aromatic heterocycles. The zero-order valence-electron chi connectivity index (χ0n) is 21.1. The fraction of sp³-hybridized carbons (Fsp3) is 0.708. The summed E-state index contributed by atoms with van der Waals surface area (Å²) in [6.07, 6.45) is 3.87. The molecule has 3 fully saturated rings. The number of hydrogen-bond acceptors (Lipinski definition) is 6. The van der Waals surface area contributed by atoms with Crippen LogP contribution >= 0.6 is 36.4 Å². The lowest BCUT2D eigenvalue weighted by Crippen LogP contribution is -2.54. The molecule has 3 aliphatic heterocycles. The molecule has 0 radical (unpaired) electrons. The highest BCUT2D eigenvalue weighted by Crippen LogP contribution is 2.32. The SMILES string of the molecule is Cc1cccc(Cl)c1S(=O)(=O)N1CCCC1COCC(=O)N1CCN(C2CCN(C)CC2)CC1.Cl.Cl. The number of sulfonamides is 1. The summed E-state index contributed by atoms with van der Waals surface area (Å²) < 4.78 is 33.9. The highest BCUT2D eigenvalue weighted by atomic mass is 35.5. The van der Waals surface area contributed by atoms with Gasteiger partial charge in [0.05, 0.1) is 11.6 Å². The first kappa shape index (κ1) is 31.6. The first-order valence-electron chi connectivity index (χ1n) is 12.3. The molecule has 0 bridgehead atoms. The molecule has 1 atom stereocenters. The lowest BCUT2D eigenvalue weighted by atomic mass is 10.0. The van der Waals surface area contributed by atoms with Crippen LogP contribution in [0.4, 0.5) is 0 Å². The Labute approximate surface area is 233 Å². The van der Waals surface area contributed by atoms with Crippen molar-refractivity contribution >= 4 is 52.3 Å². The number of aryl methyl sites for hydroxylation is 1. The first-order valence-corrected chi connectivity index (χ1v) is 14.1. The van der Waals surface area contributed by atoms with Crippen LogP contribution in [0.5, 0.6) is 0 Å². The zero-order chi connectivity index (χ0) is 24.3. The molecule has 1 aromatic carbocycles. The number of nitrogens with zero attached hydrogens (tertiary/aromatic N) is 4. The van der Waals surface area contributed by atoms with E-state index in [1.807, 2.05) is 4.90 Å². The lowest BCUT2D eigenvalue weighted by molar-refractivity contribution is -0.138. The zero-order valence-corrected chi connectivity index (χ0v) is 24.3. The molecule has 1 aromatic rings. The highest BCUT2D eigenvalue weighted by molar-refractivity contribution is 7.89. The molecule has 0 saturated carbocycles. The van der Waals surface area contributed by atoms with E-state index in [-0.39, 0.29) is 59.9 Å². The summed E-state index contributed by atoms with van der Waals surface area (Å²) in [5, 5.41) is 0.237. The van der Waals surface area contributed by atoms with Gasteiger partial charge >= 0.3 is 0 Å². The van der Waals surface area contributed by atoms with Crippen molar-refractivity contribution in [2.45, 2.75) is 49.6 Å². The molecule has 3 aliphatic rings. The smallest absolute Gasteiger partial charge is 0.248 e. The van der Waals surface area contributed by atoms with E-state index < -0.39 is 10.0 Å². The second-order valence-electron chi connectivity index (χ2n) is 9.76. The number of likely N-dealkylation sites (tertiary alicyclic amines) is 1. The number of piperazine rings is 1. The van der Waals surface area contributed by atoms with Crippen molar-refractivity contribution in [3.63, 3.8) is 0 Å². The number of rotatable bonds is 7. The van der Waals surface area contributed by atoms with Crippen LogP contribution in [-0.4, -0.2) is 111 Å². The number of carbonyl (C=O) groups excluding carboxylic acids is 1. The van der Waals surface area contributed by atoms with Crippen LogP contribution in [0.15, 0.2) is 23.1 Å². The molecule has 12 heteroatoms. The minimum Gasteiger partial charge on any atom is -0.370 e. The molecule has 0 aliphatic carbocycles. The van der Waals surface area contributed by atoms with E-state index in [0.29, 0.717) is 24.6 Å². The summed E-state index contributed by atoms with van der Waals surface area (Å²) >= 11 is 6.25. The van der Waals surface area contributed by atoms with E-state index in [4.69, 9.17) is 16.3 Å². The number of ether oxygens (including phenoxy) is 1. The first-order chi connectivity index (χ1) is 16.3. The summed E-state index contributed by atoms with van der Waals surface area (Å²) in [5.41, 5.74) is 0.633. The van der Waals surface area contributed by atoms with Crippen LogP contribution in [0, 0.1) is 6.92 Å². The molecule has 36 heavy (non-hydrogen) atoms. The van der Waals surface area contributed by atoms with Gasteiger partial charge in [-0.1, -0.05) is 23.7 Å². The Morgan fingerprint density at radius 1 is 1.03 bits per heavy atom. The van der Waals surface area contributed by atoms with Gasteiger partial charge in [-0.2, -0.15) is 4.31 Å². The maximum atomic E-state index is 13.3. The second-order valence-corrected chi connectivity index (χ2v) is 12.0. The summed E-state index contributed by atoms with van der Waals surface area (Å²) in [6.45, 7) is 7.95. The van der Waals surface area contributed by atoms with Crippen molar-refractivity contribution in [3.8, 4) is 0 Å². The number of benzene rings is 1. The molecule has 4 rings (SSSR count). The summed E-state index contributed by atoms with van der Waals surface area (Å²) in [6, 6.07) is 5.46. The van der Waals surface area contributed by atoms with Crippen molar-refractivity contribution in [2.24, 2.45) is 0 Å². The van der Waals surface area contributed by atoms with Crippen molar-refractivity contribution < 1.29 is 17.9 Å². The van der Waals surface area contributed by atoms with Crippen LogP contribution in [0.2, 0.25) is 5.02 Å². The van der Waals surface area contributed by atoms with E-state index in [0.717, 1.165) is 45.7 Å².